The number of hydrogen-bond acceptors (Lipinski definition) is 4. The molecule has 0 saturated carbocycles. The minimum atomic E-state index is 0.280. The first-order chi connectivity index (χ1) is 10.2. The Morgan fingerprint density at radius 2 is 2.14 bits per heavy atom. The highest BCUT2D eigenvalue weighted by Gasteiger charge is 2.29. The van der Waals surface area contributed by atoms with E-state index in [1.54, 1.807) is 0 Å². The number of aromatic nitrogens is 1. The maximum atomic E-state index is 6.04. The third-order valence-corrected chi connectivity index (χ3v) is 4.13. The molecule has 2 N–H and O–H groups in total. The second-order valence-corrected chi connectivity index (χ2v) is 5.76. The van der Waals surface area contributed by atoms with Crippen LogP contribution in [0.5, 0.6) is 0 Å². The van der Waals surface area contributed by atoms with Gasteiger partial charge in [-0.15, -0.1) is 0 Å². The quantitative estimate of drug-likeness (QED) is 0.933. The number of nitrogens with zero attached hydrogens (tertiary/aromatic N) is 3. The SMILES string of the molecule is CN(C)c1ccc2c(c1)C(CN)N(Cc1ccccn1)C2. The van der Waals surface area contributed by atoms with Crippen molar-refractivity contribution in [3.05, 3.63) is 59.4 Å². The molecule has 3 rings (SSSR count). The van der Waals surface area contributed by atoms with Crippen molar-refractivity contribution in [1.29, 1.82) is 0 Å². The first-order valence-electron chi connectivity index (χ1n) is 7.33. The highest BCUT2D eigenvalue weighted by molar-refractivity contribution is 5.52. The molecule has 4 nitrogen and oxygen atoms in total. The number of fused-ring (bicyclic) bond motifs is 1. The van der Waals surface area contributed by atoms with E-state index in [9.17, 15) is 0 Å². The number of hydrogen-bond donors (Lipinski definition) is 1. The first-order valence-corrected chi connectivity index (χ1v) is 7.33. The fraction of sp³-hybridized carbons (Fsp3) is 0.353. The smallest absolute Gasteiger partial charge is 0.0544 e. The summed E-state index contributed by atoms with van der Waals surface area (Å²) in [6.07, 6.45) is 1.85. The molecule has 0 amide bonds. The van der Waals surface area contributed by atoms with Gasteiger partial charge >= 0.3 is 0 Å². The van der Waals surface area contributed by atoms with E-state index < -0.39 is 0 Å². The molecule has 1 aliphatic rings. The Balaban J connectivity index is 1.86. The minimum Gasteiger partial charge on any atom is -0.378 e. The van der Waals surface area contributed by atoms with Gasteiger partial charge in [-0.3, -0.25) is 9.88 Å². The fourth-order valence-electron chi connectivity index (χ4n) is 2.98. The summed E-state index contributed by atoms with van der Waals surface area (Å²) in [6, 6.07) is 13.0. The van der Waals surface area contributed by atoms with E-state index in [1.165, 1.54) is 16.8 Å². The highest BCUT2D eigenvalue weighted by Crippen LogP contribution is 2.36. The molecule has 4 heteroatoms. The summed E-state index contributed by atoms with van der Waals surface area (Å²) >= 11 is 0. The molecule has 0 fully saturated rings. The summed E-state index contributed by atoms with van der Waals surface area (Å²) < 4.78 is 0. The van der Waals surface area contributed by atoms with Crippen molar-refractivity contribution in [1.82, 2.24) is 9.88 Å². The molecule has 1 atom stereocenters. The lowest BCUT2D eigenvalue weighted by Crippen LogP contribution is -2.27. The van der Waals surface area contributed by atoms with Crippen LogP contribution in [0.2, 0.25) is 0 Å². The standard InChI is InChI=1S/C17H22N4/c1-20(2)15-7-6-13-11-21(17(10-18)16(13)9-15)12-14-5-3-4-8-19-14/h3-9,17H,10-12,18H2,1-2H3. The van der Waals surface area contributed by atoms with Crippen LogP contribution >= 0.6 is 0 Å². The van der Waals surface area contributed by atoms with Crippen LogP contribution < -0.4 is 10.6 Å². The van der Waals surface area contributed by atoms with E-state index >= 15 is 0 Å². The van der Waals surface area contributed by atoms with E-state index in [2.05, 4.69) is 53.1 Å². The van der Waals surface area contributed by atoms with Crippen molar-refractivity contribution in [2.45, 2.75) is 19.1 Å². The van der Waals surface area contributed by atoms with Gasteiger partial charge in [0.1, 0.15) is 0 Å². The normalized spacial score (nSPS) is 17.8. The van der Waals surface area contributed by atoms with Gasteiger partial charge in [-0.1, -0.05) is 12.1 Å². The highest BCUT2D eigenvalue weighted by atomic mass is 15.2. The van der Waals surface area contributed by atoms with Crippen LogP contribution in [-0.2, 0) is 13.1 Å². The van der Waals surface area contributed by atoms with E-state index in [1.807, 2.05) is 18.3 Å². The molecule has 1 unspecified atom stereocenters. The molecule has 0 radical (unpaired) electrons. The second-order valence-electron chi connectivity index (χ2n) is 5.76. The Morgan fingerprint density at radius 3 is 2.81 bits per heavy atom. The van der Waals surface area contributed by atoms with Crippen molar-refractivity contribution in [3.8, 4) is 0 Å². The topological polar surface area (TPSA) is 45.4 Å². The van der Waals surface area contributed by atoms with Gasteiger partial charge in [0.05, 0.1) is 5.69 Å². The molecule has 21 heavy (non-hydrogen) atoms. The summed E-state index contributed by atoms with van der Waals surface area (Å²) in [5, 5.41) is 0. The predicted octanol–water partition coefficient (Wildman–Crippen LogP) is 2.16. The zero-order valence-corrected chi connectivity index (χ0v) is 12.7. The molecule has 0 saturated heterocycles. The molecular formula is C17H22N4. The third kappa shape index (κ3) is 2.77. The summed E-state index contributed by atoms with van der Waals surface area (Å²) in [5.41, 5.74) is 11.1. The van der Waals surface area contributed by atoms with Crippen molar-refractivity contribution in [2.75, 3.05) is 25.5 Å². The monoisotopic (exact) mass is 282 g/mol. The Bertz CT molecular complexity index is 609. The van der Waals surface area contributed by atoms with E-state index in [-0.39, 0.29) is 6.04 Å². The third-order valence-electron chi connectivity index (χ3n) is 4.13. The van der Waals surface area contributed by atoms with Crippen LogP contribution in [0.25, 0.3) is 0 Å². The van der Waals surface area contributed by atoms with Gasteiger partial charge in [-0.2, -0.15) is 0 Å². The zero-order chi connectivity index (χ0) is 14.8. The van der Waals surface area contributed by atoms with Gasteiger partial charge in [0.25, 0.3) is 0 Å². The van der Waals surface area contributed by atoms with Crippen LogP contribution in [0.15, 0.2) is 42.6 Å². The molecule has 2 heterocycles. The van der Waals surface area contributed by atoms with Gasteiger partial charge in [-0.05, 0) is 35.4 Å². The summed E-state index contributed by atoms with van der Waals surface area (Å²) in [5.74, 6) is 0. The maximum absolute atomic E-state index is 6.04. The number of nitrogens with two attached hydrogens (primary N) is 1. The predicted molar refractivity (Wildman–Crippen MR) is 86.0 cm³/mol. The van der Waals surface area contributed by atoms with Gasteiger partial charge in [0.15, 0.2) is 0 Å². The van der Waals surface area contributed by atoms with Crippen LogP contribution in [-0.4, -0.2) is 30.5 Å². The van der Waals surface area contributed by atoms with Crippen LogP contribution in [0.3, 0.4) is 0 Å². The molecule has 0 spiro atoms. The summed E-state index contributed by atoms with van der Waals surface area (Å²) in [4.78, 5) is 8.97. The number of pyridine rings is 1. The average Bonchev–Trinajstić information content (AvgIpc) is 2.84. The van der Waals surface area contributed by atoms with E-state index in [4.69, 9.17) is 5.73 Å². The summed E-state index contributed by atoms with van der Waals surface area (Å²) in [7, 11) is 4.14. The second kappa shape index (κ2) is 5.84. The lowest BCUT2D eigenvalue weighted by molar-refractivity contribution is 0.208. The lowest BCUT2D eigenvalue weighted by atomic mass is 10.0. The Morgan fingerprint density at radius 1 is 1.29 bits per heavy atom. The molecule has 0 aliphatic carbocycles. The van der Waals surface area contributed by atoms with Crippen molar-refractivity contribution in [2.24, 2.45) is 5.73 Å². The molecular weight excluding hydrogens is 260 g/mol. The van der Waals surface area contributed by atoms with Crippen LogP contribution in [0.1, 0.15) is 22.9 Å². The Kier molecular flexibility index (Phi) is 3.90. The van der Waals surface area contributed by atoms with Gasteiger partial charge in [-0.25, -0.2) is 0 Å². The van der Waals surface area contributed by atoms with Crippen LogP contribution in [0, 0.1) is 0 Å². The number of rotatable bonds is 4. The molecule has 2 aromatic rings. The van der Waals surface area contributed by atoms with Crippen molar-refractivity contribution >= 4 is 5.69 Å². The zero-order valence-electron chi connectivity index (χ0n) is 12.7. The van der Waals surface area contributed by atoms with E-state index in [0.29, 0.717) is 6.54 Å². The van der Waals surface area contributed by atoms with Crippen LogP contribution in [0.4, 0.5) is 5.69 Å². The largest absolute Gasteiger partial charge is 0.378 e. The number of anilines is 1. The van der Waals surface area contributed by atoms with Gasteiger partial charge < -0.3 is 10.6 Å². The molecule has 110 valence electrons. The molecule has 1 aromatic heterocycles. The minimum absolute atomic E-state index is 0.280. The first kappa shape index (κ1) is 14.0. The van der Waals surface area contributed by atoms with Crippen molar-refractivity contribution in [3.63, 3.8) is 0 Å². The molecule has 1 aliphatic heterocycles. The van der Waals surface area contributed by atoms with Gasteiger partial charge in [0, 0.05) is 51.7 Å². The fourth-order valence-corrected chi connectivity index (χ4v) is 2.98. The van der Waals surface area contributed by atoms with Gasteiger partial charge in [0.2, 0.25) is 0 Å². The maximum Gasteiger partial charge on any atom is 0.0544 e. The summed E-state index contributed by atoms with van der Waals surface area (Å²) in [6.45, 7) is 2.42. The Labute approximate surface area is 126 Å². The Hall–Kier alpha value is -1.91. The molecule has 0 bridgehead atoms. The van der Waals surface area contributed by atoms with E-state index in [0.717, 1.165) is 18.8 Å². The number of benzene rings is 1. The van der Waals surface area contributed by atoms with Crippen molar-refractivity contribution < 1.29 is 0 Å². The molecule has 1 aromatic carbocycles. The average molecular weight is 282 g/mol. The lowest BCUT2D eigenvalue weighted by Gasteiger charge is -2.23.